The lowest BCUT2D eigenvalue weighted by molar-refractivity contribution is 0.247. The second-order valence-corrected chi connectivity index (χ2v) is 7.80. The van der Waals surface area contributed by atoms with E-state index >= 15 is 0 Å². The number of halogens is 1. The number of anilines is 1. The molecule has 0 aliphatic carbocycles. The summed E-state index contributed by atoms with van der Waals surface area (Å²) in [6.07, 6.45) is 1.74. The van der Waals surface area contributed by atoms with Gasteiger partial charge in [0, 0.05) is 24.8 Å². The minimum atomic E-state index is -0.427. The zero-order chi connectivity index (χ0) is 23.5. The second kappa shape index (κ2) is 9.10. The Morgan fingerprint density at radius 1 is 1.06 bits per heavy atom. The Balaban J connectivity index is 1.37. The number of imidazole rings is 1. The van der Waals surface area contributed by atoms with Crippen molar-refractivity contribution in [2.24, 2.45) is 7.05 Å². The number of aryl methyl sites for hydroxylation is 1. The summed E-state index contributed by atoms with van der Waals surface area (Å²) in [6, 6.07) is 20.3. The maximum absolute atomic E-state index is 13.5. The maximum atomic E-state index is 13.5. The van der Waals surface area contributed by atoms with Crippen LogP contribution in [0.4, 0.5) is 14.9 Å². The van der Waals surface area contributed by atoms with Crippen molar-refractivity contribution in [3.63, 3.8) is 0 Å². The van der Waals surface area contributed by atoms with E-state index in [9.17, 15) is 9.18 Å². The molecule has 170 valence electrons. The van der Waals surface area contributed by atoms with Crippen molar-refractivity contribution in [2.45, 2.75) is 12.6 Å². The van der Waals surface area contributed by atoms with Crippen LogP contribution in [0, 0.1) is 5.82 Å². The van der Waals surface area contributed by atoms with Gasteiger partial charge in [-0.2, -0.15) is 0 Å². The van der Waals surface area contributed by atoms with E-state index in [1.807, 2.05) is 41.0 Å². The van der Waals surface area contributed by atoms with Crippen LogP contribution in [0.5, 0.6) is 0 Å². The molecule has 0 saturated carbocycles. The van der Waals surface area contributed by atoms with Gasteiger partial charge in [0.05, 0.1) is 23.4 Å². The molecule has 2 heterocycles. The van der Waals surface area contributed by atoms with E-state index < -0.39 is 12.1 Å². The number of urea groups is 1. The molecule has 2 aromatic heterocycles. The molecule has 0 spiro atoms. The predicted molar refractivity (Wildman–Crippen MR) is 125 cm³/mol. The standard InChI is InChI=1S/C24H21FN8O/c1-32-23(29-30-31-32)17-5-4-6-19(13-17)27-24(34)28-21(16-9-11-18(25)12-10-16)14-33-15-26-20-7-2-3-8-22(20)33/h2-13,15,21H,14H2,1H3,(H2,27,28,34). The van der Waals surface area contributed by atoms with Crippen LogP contribution in [0.15, 0.2) is 79.1 Å². The lowest BCUT2D eigenvalue weighted by Crippen LogP contribution is -2.34. The third kappa shape index (κ3) is 4.46. The van der Waals surface area contributed by atoms with E-state index in [1.54, 1.807) is 42.3 Å². The molecule has 10 heteroatoms. The number of carbonyl (C=O) groups excluding carboxylic acids is 1. The van der Waals surface area contributed by atoms with Crippen molar-refractivity contribution in [3.05, 3.63) is 90.5 Å². The molecule has 0 saturated heterocycles. The number of para-hydroxylation sites is 2. The van der Waals surface area contributed by atoms with Gasteiger partial charge in [-0.15, -0.1) is 5.10 Å². The molecule has 3 aromatic carbocycles. The molecule has 2 N–H and O–H groups in total. The fraction of sp³-hybridized carbons (Fsp3) is 0.125. The van der Waals surface area contributed by atoms with Crippen molar-refractivity contribution in [2.75, 3.05) is 5.32 Å². The first-order valence-electron chi connectivity index (χ1n) is 10.6. The van der Waals surface area contributed by atoms with Gasteiger partial charge in [-0.05, 0) is 52.4 Å². The van der Waals surface area contributed by atoms with Crippen LogP contribution >= 0.6 is 0 Å². The quantitative estimate of drug-likeness (QED) is 0.403. The summed E-state index contributed by atoms with van der Waals surface area (Å²) in [5.74, 6) is 0.246. The zero-order valence-corrected chi connectivity index (χ0v) is 18.3. The summed E-state index contributed by atoms with van der Waals surface area (Å²) in [6.45, 7) is 0.421. The molecular weight excluding hydrogens is 435 g/mol. The SMILES string of the molecule is Cn1nnnc1-c1cccc(NC(=O)NC(Cn2cnc3ccccc32)c2ccc(F)cc2)c1. The average Bonchev–Trinajstić information content (AvgIpc) is 3.45. The zero-order valence-electron chi connectivity index (χ0n) is 18.3. The molecule has 34 heavy (non-hydrogen) atoms. The molecule has 0 bridgehead atoms. The lowest BCUT2D eigenvalue weighted by Gasteiger charge is -2.21. The highest BCUT2D eigenvalue weighted by molar-refractivity contribution is 5.90. The number of hydrogen-bond donors (Lipinski definition) is 2. The molecule has 0 radical (unpaired) electrons. The summed E-state index contributed by atoms with van der Waals surface area (Å²) in [5.41, 5.74) is 3.93. The van der Waals surface area contributed by atoms with Crippen molar-refractivity contribution >= 4 is 22.8 Å². The highest BCUT2D eigenvalue weighted by Gasteiger charge is 2.17. The Morgan fingerprint density at radius 2 is 1.88 bits per heavy atom. The van der Waals surface area contributed by atoms with Crippen molar-refractivity contribution in [1.82, 2.24) is 35.1 Å². The number of hydrogen-bond acceptors (Lipinski definition) is 5. The van der Waals surface area contributed by atoms with Crippen LogP contribution < -0.4 is 10.6 Å². The second-order valence-electron chi connectivity index (χ2n) is 7.80. The van der Waals surface area contributed by atoms with Crippen LogP contribution in [0.25, 0.3) is 22.4 Å². The van der Waals surface area contributed by atoms with Gasteiger partial charge in [0.1, 0.15) is 5.82 Å². The predicted octanol–water partition coefficient (Wildman–Crippen LogP) is 3.93. The molecular formula is C24H21FN8O. The Hall–Kier alpha value is -4.60. The van der Waals surface area contributed by atoms with Crippen molar-refractivity contribution in [1.29, 1.82) is 0 Å². The minimum absolute atomic E-state index is 0.338. The first kappa shape index (κ1) is 21.3. The van der Waals surface area contributed by atoms with Crippen LogP contribution in [-0.2, 0) is 13.6 Å². The molecule has 5 aromatic rings. The topological polar surface area (TPSA) is 103 Å². The molecule has 1 atom stereocenters. The van der Waals surface area contributed by atoms with Gasteiger partial charge in [0.25, 0.3) is 0 Å². The summed E-state index contributed by atoms with van der Waals surface area (Å²) in [7, 11) is 1.75. The first-order valence-corrected chi connectivity index (χ1v) is 10.6. The number of nitrogens with one attached hydrogen (secondary N) is 2. The van der Waals surface area contributed by atoms with Gasteiger partial charge in [0.15, 0.2) is 5.82 Å². The largest absolute Gasteiger partial charge is 0.329 e. The highest BCUT2D eigenvalue weighted by atomic mass is 19.1. The van der Waals surface area contributed by atoms with Crippen LogP contribution in [0.3, 0.4) is 0 Å². The monoisotopic (exact) mass is 456 g/mol. The van der Waals surface area contributed by atoms with E-state index in [0.717, 1.165) is 22.2 Å². The summed E-state index contributed by atoms with van der Waals surface area (Å²) < 4.78 is 17.1. The molecule has 5 rings (SSSR count). The van der Waals surface area contributed by atoms with E-state index in [1.165, 1.54) is 12.1 Å². The summed E-state index contributed by atoms with van der Waals surface area (Å²) in [5, 5.41) is 17.4. The van der Waals surface area contributed by atoms with Gasteiger partial charge in [-0.25, -0.2) is 18.9 Å². The molecule has 0 aliphatic rings. The number of nitrogens with zero attached hydrogens (tertiary/aromatic N) is 6. The summed E-state index contributed by atoms with van der Waals surface area (Å²) in [4.78, 5) is 17.4. The number of fused-ring (bicyclic) bond motifs is 1. The Labute approximate surface area is 194 Å². The number of carbonyl (C=O) groups is 1. The number of benzene rings is 3. The average molecular weight is 456 g/mol. The van der Waals surface area contributed by atoms with E-state index in [-0.39, 0.29) is 5.82 Å². The first-order chi connectivity index (χ1) is 16.6. The Kier molecular flexibility index (Phi) is 5.69. The Bertz CT molecular complexity index is 1440. The van der Waals surface area contributed by atoms with E-state index in [0.29, 0.717) is 18.1 Å². The van der Waals surface area contributed by atoms with Crippen LogP contribution in [-0.4, -0.2) is 35.8 Å². The minimum Gasteiger partial charge on any atom is -0.329 e. The van der Waals surface area contributed by atoms with Gasteiger partial charge >= 0.3 is 6.03 Å². The van der Waals surface area contributed by atoms with Gasteiger partial charge in [0.2, 0.25) is 0 Å². The van der Waals surface area contributed by atoms with Crippen molar-refractivity contribution < 1.29 is 9.18 Å². The fourth-order valence-electron chi connectivity index (χ4n) is 3.82. The van der Waals surface area contributed by atoms with E-state index in [2.05, 4.69) is 31.1 Å². The molecule has 0 aliphatic heterocycles. The maximum Gasteiger partial charge on any atom is 0.319 e. The third-order valence-electron chi connectivity index (χ3n) is 5.48. The highest BCUT2D eigenvalue weighted by Crippen LogP contribution is 2.22. The van der Waals surface area contributed by atoms with Crippen molar-refractivity contribution in [3.8, 4) is 11.4 Å². The van der Waals surface area contributed by atoms with Crippen LogP contribution in [0.1, 0.15) is 11.6 Å². The van der Waals surface area contributed by atoms with Gasteiger partial charge in [-0.3, -0.25) is 0 Å². The smallest absolute Gasteiger partial charge is 0.319 e. The van der Waals surface area contributed by atoms with Crippen LogP contribution in [0.2, 0.25) is 0 Å². The number of amides is 2. The number of rotatable bonds is 6. The molecule has 1 unspecified atom stereocenters. The third-order valence-corrected chi connectivity index (χ3v) is 5.48. The van der Waals surface area contributed by atoms with Gasteiger partial charge in [-0.1, -0.05) is 36.4 Å². The molecule has 0 fully saturated rings. The Morgan fingerprint density at radius 3 is 2.68 bits per heavy atom. The molecule has 9 nitrogen and oxygen atoms in total. The van der Waals surface area contributed by atoms with Gasteiger partial charge < -0.3 is 15.2 Å². The summed E-state index contributed by atoms with van der Waals surface area (Å²) >= 11 is 0. The molecule has 2 amide bonds. The fourth-order valence-corrected chi connectivity index (χ4v) is 3.82. The normalized spacial score (nSPS) is 11.9. The lowest BCUT2D eigenvalue weighted by atomic mass is 10.1. The van der Waals surface area contributed by atoms with E-state index in [4.69, 9.17) is 0 Å². The number of aromatic nitrogens is 6. The number of tetrazole rings is 1.